The van der Waals surface area contributed by atoms with E-state index in [2.05, 4.69) is 22.9 Å². The van der Waals surface area contributed by atoms with Gasteiger partial charge in [0, 0.05) is 18.2 Å². The first-order valence-corrected chi connectivity index (χ1v) is 9.01. The van der Waals surface area contributed by atoms with Gasteiger partial charge in [-0.2, -0.15) is 0 Å². The Bertz CT molecular complexity index is 546. The van der Waals surface area contributed by atoms with Crippen molar-refractivity contribution in [1.82, 2.24) is 10.2 Å². The van der Waals surface area contributed by atoms with E-state index < -0.39 is 0 Å². The Morgan fingerprint density at radius 2 is 2.33 bits per heavy atom. The van der Waals surface area contributed by atoms with Gasteiger partial charge in [-0.1, -0.05) is 30.9 Å². The number of likely N-dealkylation sites (tertiary alicyclic amines) is 1. The van der Waals surface area contributed by atoms with Gasteiger partial charge < -0.3 is 10.4 Å². The fourth-order valence-corrected chi connectivity index (χ4v) is 3.46. The summed E-state index contributed by atoms with van der Waals surface area (Å²) in [5.74, 6) is -0.0117. The zero-order valence-corrected chi connectivity index (χ0v) is 14.8. The minimum Gasteiger partial charge on any atom is -0.395 e. The van der Waals surface area contributed by atoms with Gasteiger partial charge in [-0.3, -0.25) is 9.69 Å². The highest BCUT2D eigenvalue weighted by Crippen LogP contribution is 2.21. The smallest absolute Gasteiger partial charge is 0.251 e. The van der Waals surface area contributed by atoms with E-state index in [0.29, 0.717) is 12.6 Å². The summed E-state index contributed by atoms with van der Waals surface area (Å²) in [5, 5.41) is 12.4. The molecule has 1 aliphatic carbocycles. The van der Waals surface area contributed by atoms with Crippen molar-refractivity contribution in [2.45, 2.75) is 45.1 Å². The summed E-state index contributed by atoms with van der Waals surface area (Å²) in [5.41, 5.74) is 2.73. The highest BCUT2D eigenvalue weighted by molar-refractivity contribution is 5.99. The number of amides is 1. The molecule has 1 fully saturated rings. The Hall–Kier alpha value is -1.65. The van der Waals surface area contributed by atoms with Gasteiger partial charge in [0.15, 0.2) is 0 Å². The van der Waals surface area contributed by atoms with Crippen molar-refractivity contribution in [1.29, 1.82) is 0 Å². The van der Waals surface area contributed by atoms with E-state index in [1.54, 1.807) is 6.08 Å². The summed E-state index contributed by atoms with van der Waals surface area (Å²) < 4.78 is 0. The Morgan fingerprint density at radius 1 is 1.50 bits per heavy atom. The number of aliphatic hydroxyl groups is 1. The molecule has 0 aromatic heterocycles. The molecule has 0 spiro atoms. The van der Waals surface area contributed by atoms with Crippen LogP contribution >= 0.6 is 0 Å². The number of nitrogens with zero attached hydrogens (tertiary/aromatic N) is 1. The highest BCUT2D eigenvalue weighted by atomic mass is 16.3. The van der Waals surface area contributed by atoms with Crippen LogP contribution in [0, 0.1) is 0 Å². The van der Waals surface area contributed by atoms with Crippen LogP contribution in [0.1, 0.15) is 39.0 Å². The average molecular weight is 330 g/mol. The number of hydrogen-bond donors (Lipinski definition) is 2. The maximum absolute atomic E-state index is 12.5. The summed E-state index contributed by atoms with van der Waals surface area (Å²) >= 11 is 0. The van der Waals surface area contributed by atoms with E-state index in [1.807, 2.05) is 19.1 Å². The molecule has 1 heterocycles. The molecule has 24 heavy (non-hydrogen) atoms. The first kappa shape index (κ1) is 18.7. The van der Waals surface area contributed by atoms with Crippen LogP contribution in [0.3, 0.4) is 0 Å². The predicted molar refractivity (Wildman–Crippen MR) is 98.7 cm³/mol. The third-order valence-electron chi connectivity index (χ3n) is 4.86. The van der Waals surface area contributed by atoms with Crippen LogP contribution in [-0.4, -0.2) is 48.2 Å². The fourth-order valence-electron chi connectivity index (χ4n) is 3.46. The second-order valence-corrected chi connectivity index (χ2v) is 6.53. The van der Waals surface area contributed by atoms with Crippen LogP contribution in [0.15, 0.2) is 47.6 Å². The Balaban J connectivity index is 1.74. The summed E-state index contributed by atoms with van der Waals surface area (Å²) in [7, 11) is 0. The summed E-state index contributed by atoms with van der Waals surface area (Å²) in [6, 6.07) is 0.339. The molecular weight excluding hydrogens is 300 g/mol. The molecule has 0 bridgehead atoms. The first-order valence-electron chi connectivity index (χ1n) is 9.01. The lowest BCUT2D eigenvalue weighted by atomic mass is 10.0. The largest absolute Gasteiger partial charge is 0.395 e. The zero-order chi connectivity index (χ0) is 17.4. The molecule has 4 nitrogen and oxygen atoms in total. The summed E-state index contributed by atoms with van der Waals surface area (Å²) in [4.78, 5) is 14.8. The number of nitrogens with one attached hydrogen (secondary N) is 1. The van der Waals surface area contributed by atoms with Gasteiger partial charge in [-0.05, 0) is 63.3 Å². The van der Waals surface area contributed by atoms with Gasteiger partial charge in [-0.25, -0.2) is 0 Å². The normalized spacial score (nSPS) is 21.6. The van der Waals surface area contributed by atoms with Crippen LogP contribution in [0.5, 0.6) is 0 Å². The van der Waals surface area contributed by atoms with Crippen molar-refractivity contribution >= 4 is 5.91 Å². The van der Waals surface area contributed by atoms with Crippen molar-refractivity contribution in [2.24, 2.45) is 0 Å². The van der Waals surface area contributed by atoms with E-state index in [0.717, 1.165) is 55.5 Å². The van der Waals surface area contributed by atoms with E-state index in [1.165, 1.54) is 6.42 Å². The number of unbranched alkanes of at least 4 members (excludes halogenated alkanes) is 1. The molecule has 1 atom stereocenters. The van der Waals surface area contributed by atoms with Gasteiger partial charge in [0.1, 0.15) is 0 Å². The van der Waals surface area contributed by atoms with Crippen molar-refractivity contribution < 1.29 is 9.90 Å². The number of carbonyl (C=O) groups is 1. The van der Waals surface area contributed by atoms with E-state index in [4.69, 9.17) is 0 Å². The van der Waals surface area contributed by atoms with Crippen LogP contribution in [-0.2, 0) is 4.79 Å². The third-order valence-corrected chi connectivity index (χ3v) is 4.86. The lowest BCUT2D eigenvalue weighted by Crippen LogP contribution is -2.33. The molecule has 0 radical (unpaired) electrons. The molecule has 2 rings (SSSR count). The molecule has 0 saturated carbocycles. The third kappa shape index (κ3) is 4.92. The predicted octanol–water partition coefficient (Wildman–Crippen LogP) is 2.73. The van der Waals surface area contributed by atoms with Crippen LogP contribution in [0.4, 0.5) is 0 Å². The van der Waals surface area contributed by atoms with Crippen molar-refractivity contribution in [3.05, 3.63) is 47.6 Å². The Labute approximate surface area is 145 Å². The minimum atomic E-state index is -0.0117. The Morgan fingerprint density at radius 3 is 3.08 bits per heavy atom. The topological polar surface area (TPSA) is 52.6 Å². The highest BCUT2D eigenvalue weighted by Gasteiger charge is 2.22. The number of hydrogen-bond acceptors (Lipinski definition) is 3. The van der Waals surface area contributed by atoms with Crippen molar-refractivity contribution in [2.75, 3.05) is 26.2 Å². The van der Waals surface area contributed by atoms with E-state index in [-0.39, 0.29) is 12.5 Å². The second-order valence-electron chi connectivity index (χ2n) is 6.53. The molecule has 1 aliphatic heterocycles. The van der Waals surface area contributed by atoms with E-state index in [9.17, 15) is 9.90 Å². The zero-order valence-electron chi connectivity index (χ0n) is 14.8. The number of allylic oxidation sites excluding steroid dienone is 5. The summed E-state index contributed by atoms with van der Waals surface area (Å²) in [6.07, 6.45) is 12.9. The van der Waals surface area contributed by atoms with Gasteiger partial charge in [0.05, 0.1) is 6.61 Å². The van der Waals surface area contributed by atoms with E-state index >= 15 is 0 Å². The number of carbonyl (C=O) groups excluding carboxylic acids is 1. The molecule has 132 valence electrons. The van der Waals surface area contributed by atoms with Crippen LogP contribution in [0.2, 0.25) is 0 Å². The standard InChI is InChI=1S/C20H30N2O2/c1-3-18-16(2)9-4-5-11-19(18)20(24)21-12-6-7-13-22-14-8-10-17(22)15-23/h3-4,9,11,17,23H,1,5-8,10,12-15H2,2H3,(H,21,24). The lowest BCUT2D eigenvalue weighted by Gasteiger charge is -2.22. The average Bonchev–Trinajstić information content (AvgIpc) is 2.95. The minimum absolute atomic E-state index is 0.0117. The molecule has 2 N–H and O–H groups in total. The molecule has 4 heteroatoms. The van der Waals surface area contributed by atoms with Gasteiger partial charge in [0.2, 0.25) is 0 Å². The Kier molecular flexibility index (Phi) is 7.47. The molecule has 2 aliphatic rings. The monoisotopic (exact) mass is 330 g/mol. The lowest BCUT2D eigenvalue weighted by molar-refractivity contribution is -0.117. The van der Waals surface area contributed by atoms with Gasteiger partial charge in [0.25, 0.3) is 5.91 Å². The molecule has 1 saturated heterocycles. The SMILES string of the molecule is C=CC1=C(C)C=CCC=C1C(=O)NCCCCN1CCCC1CO. The fraction of sp³-hybridized carbons (Fsp3) is 0.550. The second kappa shape index (κ2) is 9.60. The molecular formula is C20H30N2O2. The first-order chi connectivity index (χ1) is 11.7. The molecule has 1 amide bonds. The number of rotatable bonds is 8. The van der Waals surface area contributed by atoms with Gasteiger partial charge in [-0.15, -0.1) is 0 Å². The maximum atomic E-state index is 12.5. The van der Waals surface area contributed by atoms with Crippen molar-refractivity contribution in [3.63, 3.8) is 0 Å². The molecule has 1 unspecified atom stereocenters. The van der Waals surface area contributed by atoms with Crippen LogP contribution in [0.25, 0.3) is 0 Å². The van der Waals surface area contributed by atoms with Gasteiger partial charge >= 0.3 is 0 Å². The number of aliphatic hydroxyl groups excluding tert-OH is 1. The maximum Gasteiger partial charge on any atom is 0.251 e. The van der Waals surface area contributed by atoms with Crippen LogP contribution < -0.4 is 5.32 Å². The quantitative estimate of drug-likeness (QED) is 0.673. The molecule has 0 aromatic rings. The molecule has 0 aromatic carbocycles. The van der Waals surface area contributed by atoms with Crippen molar-refractivity contribution in [3.8, 4) is 0 Å². The summed E-state index contributed by atoms with van der Waals surface area (Å²) in [6.45, 7) is 8.88.